The molecule has 0 aromatic carbocycles. The van der Waals surface area contributed by atoms with Gasteiger partial charge in [-0.25, -0.2) is 0 Å². The smallest absolute Gasteiger partial charge is 0.310 e. The van der Waals surface area contributed by atoms with Gasteiger partial charge >= 0.3 is 11.9 Å². The first-order chi connectivity index (χ1) is 7.54. The van der Waals surface area contributed by atoms with Crippen LogP contribution < -0.4 is 0 Å². The average Bonchev–Trinajstić information content (AvgIpc) is 2.93. The Kier molecular flexibility index (Phi) is 4.10. The summed E-state index contributed by atoms with van der Waals surface area (Å²) in [5.41, 5.74) is 0.830. The Morgan fingerprint density at radius 1 is 1.00 bits per heavy atom. The Morgan fingerprint density at radius 3 is 1.62 bits per heavy atom. The lowest BCUT2D eigenvalue weighted by Gasteiger charge is -2.00. The summed E-state index contributed by atoms with van der Waals surface area (Å²) in [5, 5.41) is 0. The molecule has 0 aromatic rings. The summed E-state index contributed by atoms with van der Waals surface area (Å²) in [5.74, 6) is -1.55. The molecular formula is C12H18O4. The van der Waals surface area contributed by atoms with Gasteiger partial charge in [0.1, 0.15) is 0 Å². The summed E-state index contributed by atoms with van der Waals surface area (Å²) in [6.07, 6.45) is 0. The van der Waals surface area contributed by atoms with Gasteiger partial charge in [0.2, 0.25) is 0 Å². The van der Waals surface area contributed by atoms with Crippen molar-refractivity contribution in [2.45, 2.75) is 20.8 Å². The van der Waals surface area contributed by atoms with Crippen molar-refractivity contribution in [3.63, 3.8) is 0 Å². The van der Waals surface area contributed by atoms with Gasteiger partial charge in [-0.1, -0.05) is 12.2 Å². The molecule has 2 atom stereocenters. The van der Waals surface area contributed by atoms with Crippen LogP contribution in [-0.2, 0) is 19.1 Å². The monoisotopic (exact) mass is 226 g/mol. The van der Waals surface area contributed by atoms with Gasteiger partial charge in [0, 0.05) is 5.92 Å². The molecule has 2 unspecified atom stereocenters. The van der Waals surface area contributed by atoms with E-state index in [9.17, 15) is 9.59 Å². The van der Waals surface area contributed by atoms with E-state index in [0.29, 0.717) is 13.2 Å². The number of hydrogen-bond acceptors (Lipinski definition) is 4. The lowest BCUT2D eigenvalue weighted by molar-refractivity contribution is -0.150. The highest BCUT2D eigenvalue weighted by Gasteiger charge is 2.61. The summed E-state index contributed by atoms with van der Waals surface area (Å²) >= 11 is 0. The molecule has 1 saturated carbocycles. The van der Waals surface area contributed by atoms with Gasteiger partial charge in [-0.15, -0.1) is 0 Å². The van der Waals surface area contributed by atoms with Crippen molar-refractivity contribution < 1.29 is 19.1 Å². The van der Waals surface area contributed by atoms with Gasteiger partial charge in [-0.05, 0) is 20.8 Å². The number of ether oxygens (including phenoxy) is 2. The van der Waals surface area contributed by atoms with Crippen LogP contribution in [-0.4, -0.2) is 25.2 Å². The molecule has 16 heavy (non-hydrogen) atoms. The van der Waals surface area contributed by atoms with E-state index in [1.807, 2.05) is 6.92 Å². The van der Waals surface area contributed by atoms with E-state index >= 15 is 0 Å². The second kappa shape index (κ2) is 5.14. The summed E-state index contributed by atoms with van der Waals surface area (Å²) < 4.78 is 9.83. The minimum atomic E-state index is -0.392. The number of hydrogen-bond donors (Lipinski definition) is 0. The van der Waals surface area contributed by atoms with Crippen molar-refractivity contribution in [2.24, 2.45) is 17.8 Å². The molecule has 0 spiro atoms. The topological polar surface area (TPSA) is 52.6 Å². The summed E-state index contributed by atoms with van der Waals surface area (Å²) in [6.45, 7) is 9.75. The molecule has 0 aliphatic heterocycles. The van der Waals surface area contributed by atoms with E-state index in [-0.39, 0.29) is 17.9 Å². The van der Waals surface area contributed by atoms with Crippen LogP contribution in [0, 0.1) is 17.8 Å². The Balaban J connectivity index is 2.67. The van der Waals surface area contributed by atoms with E-state index in [1.165, 1.54) is 0 Å². The Bertz CT molecular complexity index is 284. The highest BCUT2D eigenvalue weighted by Crippen LogP contribution is 2.51. The minimum absolute atomic E-state index is 0.113. The third kappa shape index (κ3) is 2.43. The first kappa shape index (κ1) is 12.7. The van der Waals surface area contributed by atoms with Crippen LogP contribution in [0.15, 0.2) is 12.2 Å². The van der Waals surface area contributed by atoms with Crippen LogP contribution in [0.2, 0.25) is 0 Å². The molecule has 0 N–H and O–H groups in total. The number of esters is 2. The number of carbonyl (C=O) groups excluding carboxylic acids is 2. The molecule has 4 nitrogen and oxygen atoms in total. The largest absolute Gasteiger partial charge is 0.466 e. The molecule has 4 heteroatoms. The SMILES string of the molecule is C=C(C)C1C(C(=O)OCC)C1C(=O)OCC. The molecule has 0 heterocycles. The maximum atomic E-state index is 11.6. The molecular weight excluding hydrogens is 208 g/mol. The predicted octanol–water partition coefficient (Wildman–Crippen LogP) is 1.55. The second-order valence-corrected chi connectivity index (χ2v) is 3.93. The van der Waals surface area contributed by atoms with E-state index in [2.05, 4.69) is 6.58 Å². The van der Waals surface area contributed by atoms with E-state index in [4.69, 9.17) is 9.47 Å². The highest BCUT2D eigenvalue weighted by atomic mass is 16.5. The minimum Gasteiger partial charge on any atom is -0.466 e. The number of allylic oxidation sites excluding steroid dienone is 1. The van der Waals surface area contributed by atoms with Crippen molar-refractivity contribution in [1.82, 2.24) is 0 Å². The lowest BCUT2D eigenvalue weighted by Crippen LogP contribution is -2.13. The van der Waals surface area contributed by atoms with E-state index in [1.54, 1.807) is 13.8 Å². The quantitative estimate of drug-likeness (QED) is 0.527. The fraction of sp³-hybridized carbons (Fsp3) is 0.667. The zero-order valence-electron chi connectivity index (χ0n) is 9.99. The molecule has 1 aliphatic carbocycles. The summed E-state index contributed by atoms with van der Waals surface area (Å²) in [4.78, 5) is 23.1. The number of rotatable bonds is 5. The molecule has 0 aromatic heterocycles. The molecule has 0 amide bonds. The fourth-order valence-electron chi connectivity index (χ4n) is 1.99. The third-order valence-electron chi connectivity index (χ3n) is 2.71. The first-order valence-corrected chi connectivity index (χ1v) is 5.53. The normalized spacial score (nSPS) is 27.1. The molecule has 0 radical (unpaired) electrons. The summed E-state index contributed by atoms with van der Waals surface area (Å²) in [7, 11) is 0. The second-order valence-electron chi connectivity index (χ2n) is 3.93. The standard InChI is InChI=1S/C12H18O4/c1-5-15-11(13)9-8(7(3)4)10(9)12(14)16-6-2/h8-10H,3,5-6H2,1-2,4H3. The molecule has 0 bridgehead atoms. The Morgan fingerprint density at radius 2 is 1.38 bits per heavy atom. The van der Waals surface area contributed by atoms with E-state index < -0.39 is 11.8 Å². The van der Waals surface area contributed by atoms with Gasteiger partial charge in [0.05, 0.1) is 25.0 Å². The molecule has 0 saturated heterocycles. The Hall–Kier alpha value is -1.32. The van der Waals surface area contributed by atoms with Crippen LogP contribution >= 0.6 is 0 Å². The van der Waals surface area contributed by atoms with Crippen LogP contribution in [0.3, 0.4) is 0 Å². The van der Waals surface area contributed by atoms with Gasteiger partial charge in [-0.3, -0.25) is 9.59 Å². The summed E-state index contributed by atoms with van der Waals surface area (Å²) in [6, 6.07) is 0. The lowest BCUT2D eigenvalue weighted by atomic mass is 10.2. The maximum Gasteiger partial charge on any atom is 0.310 e. The molecule has 1 aliphatic rings. The zero-order chi connectivity index (χ0) is 12.3. The van der Waals surface area contributed by atoms with E-state index in [0.717, 1.165) is 5.57 Å². The predicted molar refractivity (Wildman–Crippen MR) is 58.6 cm³/mol. The Labute approximate surface area is 95.6 Å². The van der Waals surface area contributed by atoms with Crippen LogP contribution in [0.1, 0.15) is 20.8 Å². The van der Waals surface area contributed by atoms with Crippen LogP contribution in [0.25, 0.3) is 0 Å². The molecule has 90 valence electrons. The van der Waals surface area contributed by atoms with Gasteiger partial charge in [0.15, 0.2) is 0 Å². The van der Waals surface area contributed by atoms with Gasteiger partial charge < -0.3 is 9.47 Å². The molecule has 1 rings (SSSR count). The zero-order valence-corrected chi connectivity index (χ0v) is 9.99. The van der Waals surface area contributed by atoms with Crippen molar-refractivity contribution in [3.8, 4) is 0 Å². The van der Waals surface area contributed by atoms with Gasteiger partial charge in [0.25, 0.3) is 0 Å². The van der Waals surface area contributed by atoms with Crippen molar-refractivity contribution in [3.05, 3.63) is 12.2 Å². The van der Waals surface area contributed by atoms with Crippen LogP contribution in [0.5, 0.6) is 0 Å². The fourth-order valence-corrected chi connectivity index (χ4v) is 1.99. The average molecular weight is 226 g/mol. The maximum absolute atomic E-state index is 11.6. The third-order valence-corrected chi connectivity index (χ3v) is 2.71. The van der Waals surface area contributed by atoms with Gasteiger partial charge in [-0.2, -0.15) is 0 Å². The molecule has 1 fully saturated rings. The highest BCUT2D eigenvalue weighted by molar-refractivity contribution is 5.89. The van der Waals surface area contributed by atoms with Crippen molar-refractivity contribution in [2.75, 3.05) is 13.2 Å². The van der Waals surface area contributed by atoms with Crippen LogP contribution in [0.4, 0.5) is 0 Å². The first-order valence-electron chi connectivity index (χ1n) is 5.53. The number of carbonyl (C=O) groups is 2. The van der Waals surface area contributed by atoms with Crippen molar-refractivity contribution >= 4 is 11.9 Å². The van der Waals surface area contributed by atoms with Crippen molar-refractivity contribution in [1.29, 1.82) is 0 Å².